The number of pyridine rings is 2. The first-order valence-electron chi connectivity index (χ1n) is 19.6. The lowest BCUT2D eigenvalue weighted by Crippen LogP contribution is -2.05. The van der Waals surface area contributed by atoms with E-state index in [1.807, 2.05) is 36.4 Å². The molecule has 0 bridgehead atoms. The van der Waals surface area contributed by atoms with Crippen LogP contribution in [-0.4, -0.2) is 34.1 Å². The zero-order valence-electron chi connectivity index (χ0n) is 33.1. The molecular weight excluding hydrogens is 821 g/mol. The third-order valence-corrected chi connectivity index (χ3v) is 10.8. The molecule has 4 aromatic carbocycles. The topological polar surface area (TPSA) is 108 Å². The minimum Gasteiger partial charge on any atom is -0.488 e. The molecule has 2 aromatic heterocycles. The summed E-state index contributed by atoms with van der Waals surface area (Å²) >= 11 is 12.6. The normalized spacial score (nSPS) is 13.5. The van der Waals surface area contributed by atoms with Crippen LogP contribution in [0.1, 0.15) is 93.1 Å². The van der Waals surface area contributed by atoms with Gasteiger partial charge in [-0.15, -0.1) is 0 Å². The number of benzene rings is 4. The van der Waals surface area contributed by atoms with Crippen molar-refractivity contribution in [3.63, 3.8) is 0 Å². The number of ether oxygens (including phenoxy) is 3. The lowest BCUT2D eigenvalue weighted by molar-refractivity contribution is 0.0593. The van der Waals surface area contributed by atoms with Crippen molar-refractivity contribution < 1.29 is 37.7 Å². The van der Waals surface area contributed by atoms with Gasteiger partial charge in [0.05, 0.1) is 18.5 Å². The molecule has 0 fully saturated rings. The van der Waals surface area contributed by atoms with Gasteiger partial charge in [0.25, 0.3) is 0 Å². The SMILES string of the molecule is COC(=O)c1cccc(C2=C(c3cc(Cl)ccc3OCc3ccc(F)cc3)CCC2)n1.O=C(O)c1cccc(C2=C(c3cc(Cl)ccc3OCc3ccc(F)cc3)CCC2)n1. The molecule has 310 valence electrons. The second-order valence-electron chi connectivity index (χ2n) is 14.3. The monoisotopic (exact) mass is 860 g/mol. The van der Waals surface area contributed by atoms with Crippen LogP contribution < -0.4 is 9.47 Å². The highest BCUT2D eigenvalue weighted by Gasteiger charge is 2.24. The summed E-state index contributed by atoms with van der Waals surface area (Å²) in [7, 11) is 1.34. The summed E-state index contributed by atoms with van der Waals surface area (Å²) in [4.78, 5) is 32.1. The van der Waals surface area contributed by atoms with E-state index in [0.717, 1.165) is 88.8 Å². The van der Waals surface area contributed by atoms with Crippen LogP contribution in [0.3, 0.4) is 0 Å². The molecule has 0 saturated carbocycles. The fourth-order valence-corrected chi connectivity index (χ4v) is 7.75. The van der Waals surface area contributed by atoms with E-state index >= 15 is 0 Å². The smallest absolute Gasteiger partial charge is 0.356 e. The van der Waals surface area contributed by atoms with E-state index in [0.29, 0.717) is 40.5 Å². The summed E-state index contributed by atoms with van der Waals surface area (Å²) in [5.41, 5.74) is 9.45. The lowest BCUT2D eigenvalue weighted by atomic mass is 9.99. The third-order valence-electron chi connectivity index (χ3n) is 10.3. The Balaban J connectivity index is 0.000000184. The highest BCUT2D eigenvalue weighted by atomic mass is 35.5. The Kier molecular flexibility index (Phi) is 13.9. The molecule has 61 heavy (non-hydrogen) atoms. The summed E-state index contributed by atoms with van der Waals surface area (Å²) in [5, 5.41) is 10.5. The van der Waals surface area contributed by atoms with Gasteiger partial charge < -0.3 is 19.3 Å². The van der Waals surface area contributed by atoms with E-state index in [2.05, 4.69) is 9.97 Å². The van der Waals surface area contributed by atoms with Crippen LogP contribution in [0.2, 0.25) is 10.0 Å². The number of halogens is 4. The number of hydrogen-bond donors (Lipinski definition) is 1. The molecule has 0 radical (unpaired) electrons. The molecule has 0 atom stereocenters. The summed E-state index contributed by atoms with van der Waals surface area (Å²) in [5.74, 6) is -0.711. The molecule has 0 unspecified atom stereocenters. The Morgan fingerprint density at radius 3 is 1.46 bits per heavy atom. The fraction of sp³-hybridized carbons (Fsp3) is 0.184. The molecule has 2 heterocycles. The molecule has 8 nitrogen and oxygen atoms in total. The van der Waals surface area contributed by atoms with Gasteiger partial charge in [-0.05, 0) is 157 Å². The van der Waals surface area contributed by atoms with Crippen molar-refractivity contribution in [1.82, 2.24) is 9.97 Å². The van der Waals surface area contributed by atoms with Crippen LogP contribution in [0.4, 0.5) is 8.78 Å². The van der Waals surface area contributed by atoms with Crippen molar-refractivity contribution in [2.24, 2.45) is 0 Å². The highest BCUT2D eigenvalue weighted by molar-refractivity contribution is 6.31. The molecule has 0 aliphatic heterocycles. The van der Waals surface area contributed by atoms with Crippen molar-refractivity contribution in [2.45, 2.75) is 51.7 Å². The number of esters is 1. The Hall–Kier alpha value is -6.36. The second kappa shape index (κ2) is 19.8. The number of hydrogen-bond acceptors (Lipinski definition) is 7. The largest absolute Gasteiger partial charge is 0.488 e. The zero-order valence-corrected chi connectivity index (χ0v) is 34.6. The Bertz CT molecular complexity index is 2630. The van der Waals surface area contributed by atoms with Crippen molar-refractivity contribution in [1.29, 1.82) is 0 Å². The number of nitrogens with zero attached hydrogens (tertiary/aromatic N) is 2. The Morgan fingerprint density at radius 1 is 0.590 bits per heavy atom. The minimum absolute atomic E-state index is 0.0186. The number of methoxy groups -OCH3 is 1. The van der Waals surface area contributed by atoms with Gasteiger partial charge in [0.15, 0.2) is 0 Å². The molecule has 2 aliphatic rings. The number of carboxylic acid groups (broad SMARTS) is 1. The van der Waals surface area contributed by atoms with E-state index in [1.165, 1.54) is 37.4 Å². The van der Waals surface area contributed by atoms with E-state index < -0.39 is 11.9 Å². The molecule has 0 saturated heterocycles. The number of rotatable bonds is 12. The summed E-state index contributed by atoms with van der Waals surface area (Å²) in [6.45, 7) is 0.609. The first-order valence-corrected chi connectivity index (χ1v) is 20.4. The maximum atomic E-state index is 13.2. The average Bonchev–Trinajstić information content (AvgIpc) is 3.98. The number of carboxylic acids is 1. The van der Waals surface area contributed by atoms with Crippen LogP contribution in [0.25, 0.3) is 22.3 Å². The molecule has 2 aliphatic carbocycles. The van der Waals surface area contributed by atoms with Gasteiger partial charge in [0, 0.05) is 21.2 Å². The molecular formula is C49H40Cl2F2N2O6. The van der Waals surface area contributed by atoms with Crippen molar-refractivity contribution in [3.8, 4) is 11.5 Å². The van der Waals surface area contributed by atoms with Crippen LogP contribution in [0.5, 0.6) is 11.5 Å². The van der Waals surface area contributed by atoms with E-state index in [4.69, 9.17) is 37.4 Å². The predicted molar refractivity (Wildman–Crippen MR) is 232 cm³/mol. The first kappa shape index (κ1) is 42.8. The highest BCUT2D eigenvalue weighted by Crippen LogP contribution is 2.45. The van der Waals surface area contributed by atoms with E-state index in [1.54, 1.807) is 54.6 Å². The number of aromatic nitrogens is 2. The molecule has 12 heteroatoms. The lowest BCUT2D eigenvalue weighted by Gasteiger charge is -2.15. The maximum absolute atomic E-state index is 13.2. The van der Waals surface area contributed by atoms with Gasteiger partial charge >= 0.3 is 11.9 Å². The maximum Gasteiger partial charge on any atom is 0.356 e. The van der Waals surface area contributed by atoms with Crippen LogP contribution >= 0.6 is 23.2 Å². The summed E-state index contributed by atoms with van der Waals surface area (Å²) in [6.07, 6.45) is 5.23. The van der Waals surface area contributed by atoms with Crippen molar-refractivity contribution in [3.05, 3.63) is 188 Å². The van der Waals surface area contributed by atoms with Gasteiger partial charge in [0.2, 0.25) is 0 Å². The van der Waals surface area contributed by atoms with E-state index in [-0.39, 0.29) is 23.0 Å². The molecule has 1 N–H and O–H groups in total. The fourth-order valence-electron chi connectivity index (χ4n) is 7.40. The Morgan fingerprint density at radius 2 is 1.02 bits per heavy atom. The second-order valence-corrected chi connectivity index (χ2v) is 15.2. The molecule has 0 amide bonds. The van der Waals surface area contributed by atoms with E-state index in [9.17, 15) is 23.5 Å². The average molecular weight is 862 g/mol. The van der Waals surface area contributed by atoms with Crippen LogP contribution in [0.15, 0.2) is 121 Å². The van der Waals surface area contributed by atoms with Crippen molar-refractivity contribution in [2.75, 3.05) is 7.11 Å². The number of aromatic carboxylic acids is 1. The number of allylic oxidation sites excluding steroid dienone is 4. The quantitative estimate of drug-likeness (QED) is 0.121. The standard InChI is InChI=1S/C25H21ClFNO3.C24H19ClFNO3/c1-30-25(29)23-7-3-6-22(28-23)20-5-2-4-19(20)21-14-17(26)10-13-24(21)31-15-16-8-11-18(27)12-9-16;25-16-9-12-23(30-14-15-7-10-17(26)11-8-15)20(13-16)18-3-1-4-19(18)21-5-2-6-22(27-21)24(28)29/h3,6-14H,2,4-5,15H2,1H3;2,5-13H,1,3-4,14H2,(H,28,29). The summed E-state index contributed by atoms with van der Waals surface area (Å²) < 4.78 is 43.2. The van der Waals surface area contributed by atoms with Gasteiger partial charge in [-0.25, -0.2) is 28.3 Å². The van der Waals surface area contributed by atoms with Gasteiger partial charge in [0.1, 0.15) is 47.7 Å². The predicted octanol–water partition coefficient (Wildman–Crippen LogP) is 12.6. The first-order chi connectivity index (χ1) is 29.6. The van der Waals surface area contributed by atoms with Crippen LogP contribution in [-0.2, 0) is 18.0 Å². The molecule has 8 rings (SSSR count). The number of carbonyl (C=O) groups is 2. The van der Waals surface area contributed by atoms with Crippen molar-refractivity contribution >= 4 is 57.4 Å². The number of carbonyl (C=O) groups excluding carboxylic acids is 1. The zero-order chi connectivity index (χ0) is 42.9. The minimum atomic E-state index is -1.05. The Labute approximate surface area is 362 Å². The van der Waals surface area contributed by atoms with Gasteiger partial charge in [-0.3, -0.25) is 0 Å². The molecule has 0 spiro atoms. The summed E-state index contributed by atoms with van der Waals surface area (Å²) in [6, 6.07) is 33.8. The molecule has 6 aromatic rings. The van der Waals surface area contributed by atoms with Gasteiger partial charge in [-0.1, -0.05) is 59.6 Å². The van der Waals surface area contributed by atoms with Crippen LogP contribution in [0, 0.1) is 11.6 Å². The third kappa shape index (κ3) is 10.7. The van der Waals surface area contributed by atoms with Gasteiger partial charge in [-0.2, -0.15) is 0 Å².